The number of hydrogen-bond donors (Lipinski definition) is 0. The van der Waals surface area contributed by atoms with Crippen LogP contribution in [0.5, 0.6) is 0 Å². The summed E-state index contributed by atoms with van der Waals surface area (Å²) in [5, 5.41) is 1.01. The van der Waals surface area contributed by atoms with E-state index in [0.717, 1.165) is 51.9 Å². The largest absolute Gasteiger partial charge is 0.335 e. The van der Waals surface area contributed by atoms with Crippen molar-refractivity contribution in [3.63, 3.8) is 0 Å². The van der Waals surface area contributed by atoms with E-state index in [0.29, 0.717) is 6.42 Å². The van der Waals surface area contributed by atoms with E-state index in [1.54, 1.807) is 6.33 Å². The van der Waals surface area contributed by atoms with E-state index in [2.05, 4.69) is 27.2 Å². The summed E-state index contributed by atoms with van der Waals surface area (Å²) in [6, 6.07) is 10.3. The zero-order chi connectivity index (χ0) is 19.1. The number of hydrogen-bond acceptors (Lipinski definition) is 4. The summed E-state index contributed by atoms with van der Waals surface area (Å²) in [5.41, 5.74) is 6.05. The van der Waals surface area contributed by atoms with Crippen molar-refractivity contribution in [2.24, 2.45) is 7.05 Å². The number of aromatic nitrogens is 4. The number of aryl methyl sites for hydroxylation is 1. The number of carbonyl (C=O) groups is 1. The molecule has 0 saturated carbocycles. The van der Waals surface area contributed by atoms with Gasteiger partial charge in [-0.25, -0.2) is 9.97 Å². The molecule has 28 heavy (non-hydrogen) atoms. The van der Waals surface area contributed by atoms with Crippen molar-refractivity contribution in [1.29, 1.82) is 0 Å². The van der Waals surface area contributed by atoms with E-state index in [9.17, 15) is 4.79 Å². The number of fused-ring (bicyclic) bond motifs is 1. The average Bonchev–Trinajstić information content (AvgIpc) is 3.32. The van der Waals surface area contributed by atoms with Gasteiger partial charge in [0.2, 0.25) is 5.91 Å². The van der Waals surface area contributed by atoms with Crippen LogP contribution in [0.15, 0.2) is 61.4 Å². The third kappa shape index (κ3) is 2.74. The zero-order valence-electron chi connectivity index (χ0n) is 15.5. The highest BCUT2D eigenvalue weighted by molar-refractivity contribution is 5.96. The van der Waals surface area contributed by atoms with E-state index in [1.807, 2.05) is 59.4 Å². The Morgan fingerprint density at radius 2 is 1.79 bits per heavy atom. The molecule has 4 heterocycles. The van der Waals surface area contributed by atoms with Gasteiger partial charge in [-0.2, -0.15) is 0 Å². The van der Waals surface area contributed by atoms with Crippen LogP contribution in [-0.2, 0) is 11.8 Å². The normalized spacial score (nSPS) is 14.2. The van der Waals surface area contributed by atoms with Crippen LogP contribution >= 0.6 is 0 Å². The molecule has 1 aliphatic rings. The number of carbonyl (C=O) groups excluding carboxylic acids is 1. The summed E-state index contributed by atoms with van der Waals surface area (Å²) < 4.78 is 2.00. The second kappa shape index (κ2) is 6.56. The van der Waals surface area contributed by atoms with Gasteiger partial charge in [0.05, 0.1) is 0 Å². The summed E-state index contributed by atoms with van der Waals surface area (Å²) in [5.74, 6) is 0.203. The maximum absolute atomic E-state index is 11.9. The number of amides is 1. The Morgan fingerprint density at radius 1 is 0.964 bits per heavy atom. The lowest BCUT2D eigenvalue weighted by molar-refractivity contribution is -0.117. The lowest BCUT2D eigenvalue weighted by atomic mass is 10.0. The fourth-order valence-corrected chi connectivity index (χ4v) is 3.85. The van der Waals surface area contributed by atoms with Crippen LogP contribution in [0.4, 0.5) is 5.69 Å². The minimum Gasteiger partial charge on any atom is -0.335 e. The molecule has 0 unspecified atom stereocenters. The van der Waals surface area contributed by atoms with Crippen LogP contribution in [0.2, 0.25) is 0 Å². The van der Waals surface area contributed by atoms with E-state index in [4.69, 9.17) is 0 Å². The van der Waals surface area contributed by atoms with E-state index >= 15 is 0 Å². The molecule has 1 aromatic carbocycles. The monoisotopic (exact) mass is 369 g/mol. The molecule has 0 atom stereocenters. The molecular weight excluding hydrogens is 350 g/mol. The number of rotatable bonds is 3. The summed E-state index contributed by atoms with van der Waals surface area (Å²) in [4.78, 5) is 26.8. The van der Waals surface area contributed by atoms with Gasteiger partial charge in [0.25, 0.3) is 0 Å². The molecule has 0 spiro atoms. The van der Waals surface area contributed by atoms with Crippen LogP contribution in [0.25, 0.3) is 33.3 Å². The fraction of sp³-hybridized carbons (Fsp3) is 0.182. The number of nitrogens with zero attached hydrogens (tertiary/aromatic N) is 5. The molecule has 0 aliphatic carbocycles. The lowest BCUT2D eigenvalue weighted by Gasteiger charge is -2.16. The summed E-state index contributed by atoms with van der Waals surface area (Å²) in [6.45, 7) is 0.804. The smallest absolute Gasteiger partial charge is 0.227 e. The minimum absolute atomic E-state index is 0.203. The molecular formula is C22H19N5O. The van der Waals surface area contributed by atoms with Crippen LogP contribution in [0.1, 0.15) is 12.8 Å². The average molecular weight is 369 g/mol. The molecule has 1 fully saturated rings. The molecule has 6 nitrogen and oxygen atoms in total. The van der Waals surface area contributed by atoms with Gasteiger partial charge in [0, 0.05) is 72.6 Å². The molecule has 0 N–H and O–H groups in total. The molecule has 1 aliphatic heterocycles. The second-order valence-electron chi connectivity index (χ2n) is 7.07. The van der Waals surface area contributed by atoms with E-state index in [1.165, 1.54) is 0 Å². The lowest BCUT2D eigenvalue weighted by Crippen LogP contribution is -2.23. The first-order chi connectivity index (χ1) is 13.7. The first-order valence-corrected chi connectivity index (χ1v) is 9.32. The van der Waals surface area contributed by atoms with Gasteiger partial charge >= 0.3 is 0 Å². The fourth-order valence-electron chi connectivity index (χ4n) is 3.85. The van der Waals surface area contributed by atoms with Crippen molar-refractivity contribution in [1.82, 2.24) is 19.5 Å². The van der Waals surface area contributed by atoms with E-state index in [-0.39, 0.29) is 5.91 Å². The highest BCUT2D eigenvalue weighted by Gasteiger charge is 2.21. The maximum Gasteiger partial charge on any atom is 0.227 e. The topological polar surface area (TPSA) is 63.9 Å². The molecule has 6 heteroatoms. The van der Waals surface area contributed by atoms with Gasteiger partial charge in [-0.05, 0) is 30.2 Å². The van der Waals surface area contributed by atoms with Gasteiger partial charge < -0.3 is 9.47 Å². The molecule has 1 amide bonds. The number of anilines is 1. The predicted octanol–water partition coefficient (Wildman–Crippen LogP) is 3.82. The van der Waals surface area contributed by atoms with Crippen LogP contribution in [-0.4, -0.2) is 32.0 Å². The van der Waals surface area contributed by atoms with Crippen molar-refractivity contribution in [3.8, 4) is 22.3 Å². The highest BCUT2D eigenvalue weighted by Crippen LogP contribution is 2.32. The summed E-state index contributed by atoms with van der Waals surface area (Å²) in [6.07, 6.45) is 10.8. The Hall–Kier alpha value is -3.54. The Balaban J connectivity index is 1.51. The standard InChI is InChI=1S/C22H19N5O/c1-26-13-20(19-12-24-14-25-22(19)26)17-9-16(10-23-11-17)15-4-6-18(7-5-15)27-8-2-3-21(27)28/h4-7,9-14H,2-3,8H2,1H3. The van der Waals surface area contributed by atoms with Gasteiger partial charge in [-0.3, -0.25) is 9.78 Å². The second-order valence-corrected chi connectivity index (χ2v) is 7.07. The summed E-state index contributed by atoms with van der Waals surface area (Å²) in [7, 11) is 1.98. The number of benzene rings is 1. The third-order valence-electron chi connectivity index (χ3n) is 5.27. The molecule has 0 bridgehead atoms. The Labute approximate surface area is 162 Å². The molecule has 5 rings (SSSR count). The highest BCUT2D eigenvalue weighted by atomic mass is 16.2. The maximum atomic E-state index is 11.9. The number of pyridine rings is 1. The SMILES string of the molecule is Cn1cc(-c2cncc(-c3ccc(N4CCCC4=O)cc3)c2)c2cncnc21. The first-order valence-electron chi connectivity index (χ1n) is 9.32. The van der Waals surface area contributed by atoms with Gasteiger partial charge in [-0.1, -0.05) is 12.1 Å². The molecule has 3 aromatic heterocycles. The van der Waals surface area contributed by atoms with Gasteiger partial charge in [0.15, 0.2) is 0 Å². The molecule has 4 aromatic rings. The molecule has 1 saturated heterocycles. The van der Waals surface area contributed by atoms with Crippen molar-refractivity contribution >= 4 is 22.6 Å². The van der Waals surface area contributed by atoms with Crippen molar-refractivity contribution < 1.29 is 4.79 Å². The molecule has 138 valence electrons. The van der Waals surface area contributed by atoms with Gasteiger partial charge in [0.1, 0.15) is 12.0 Å². The van der Waals surface area contributed by atoms with Crippen LogP contribution < -0.4 is 4.90 Å². The summed E-state index contributed by atoms with van der Waals surface area (Å²) >= 11 is 0. The molecule has 0 radical (unpaired) electrons. The quantitative estimate of drug-likeness (QED) is 0.551. The van der Waals surface area contributed by atoms with Gasteiger partial charge in [-0.15, -0.1) is 0 Å². The van der Waals surface area contributed by atoms with E-state index < -0.39 is 0 Å². The Kier molecular flexibility index (Phi) is 3.90. The van der Waals surface area contributed by atoms with Crippen molar-refractivity contribution in [2.75, 3.05) is 11.4 Å². The Morgan fingerprint density at radius 3 is 2.57 bits per heavy atom. The first kappa shape index (κ1) is 16.6. The van der Waals surface area contributed by atoms with Crippen molar-refractivity contribution in [2.45, 2.75) is 12.8 Å². The third-order valence-corrected chi connectivity index (χ3v) is 5.27. The zero-order valence-corrected chi connectivity index (χ0v) is 15.5. The Bertz CT molecular complexity index is 1180. The van der Waals surface area contributed by atoms with Crippen LogP contribution in [0.3, 0.4) is 0 Å². The van der Waals surface area contributed by atoms with Crippen LogP contribution in [0, 0.1) is 0 Å². The van der Waals surface area contributed by atoms with Crippen molar-refractivity contribution in [3.05, 3.63) is 61.4 Å². The predicted molar refractivity (Wildman–Crippen MR) is 109 cm³/mol. The minimum atomic E-state index is 0.203.